The highest BCUT2D eigenvalue weighted by Crippen LogP contribution is 2.27. The number of halogens is 2. The Bertz CT molecular complexity index is 527. The summed E-state index contributed by atoms with van der Waals surface area (Å²) in [4.78, 5) is 12.9. The van der Waals surface area contributed by atoms with Crippen molar-refractivity contribution in [2.24, 2.45) is 5.73 Å². The predicted molar refractivity (Wildman–Crippen MR) is 72.1 cm³/mol. The van der Waals surface area contributed by atoms with E-state index < -0.39 is 17.7 Å². The maximum atomic E-state index is 14.0. The summed E-state index contributed by atoms with van der Waals surface area (Å²) < 4.78 is 28.1. The normalized spacial score (nSPS) is 19.2. The van der Waals surface area contributed by atoms with Crippen LogP contribution in [0.3, 0.4) is 0 Å². The van der Waals surface area contributed by atoms with Gasteiger partial charge < -0.3 is 16.0 Å². The minimum Gasteiger partial charge on any atom is -0.389 e. The van der Waals surface area contributed by atoms with Crippen LogP contribution in [-0.4, -0.2) is 30.0 Å². The first-order valence-electron chi connectivity index (χ1n) is 5.75. The average Bonchev–Trinajstić information content (AvgIpc) is 2.33. The third-order valence-corrected chi connectivity index (χ3v) is 3.32. The van der Waals surface area contributed by atoms with Gasteiger partial charge in [-0.05, 0) is 19.1 Å². The molecule has 0 radical (unpaired) electrons. The predicted octanol–water partition coefficient (Wildman–Crippen LogP) is 0.924. The first kappa shape index (κ1) is 13.7. The van der Waals surface area contributed by atoms with Crippen molar-refractivity contribution >= 4 is 28.8 Å². The van der Waals surface area contributed by atoms with E-state index in [4.69, 9.17) is 5.73 Å². The number of carbonyl (C=O) groups excluding carboxylic acids is 1. The van der Waals surface area contributed by atoms with E-state index in [1.807, 2.05) is 0 Å². The first-order valence-corrected chi connectivity index (χ1v) is 6.16. The minimum atomic E-state index is -0.774. The number of benzene rings is 1. The van der Waals surface area contributed by atoms with Crippen LogP contribution in [-0.2, 0) is 4.79 Å². The van der Waals surface area contributed by atoms with Crippen molar-refractivity contribution in [2.75, 3.05) is 18.0 Å². The second-order valence-electron chi connectivity index (χ2n) is 4.31. The van der Waals surface area contributed by atoms with Crippen molar-refractivity contribution in [2.45, 2.75) is 13.0 Å². The number of piperazine rings is 1. The van der Waals surface area contributed by atoms with Crippen LogP contribution in [0.15, 0.2) is 12.1 Å². The van der Waals surface area contributed by atoms with E-state index in [0.29, 0.717) is 13.1 Å². The van der Waals surface area contributed by atoms with E-state index in [1.165, 1.54) is 4.90 Å². The van der Waals surface area contributed by atoms with Crippen molar-refractivity contribution in [3.63, 3.8) is 0 Å². The lowest BCUT2D eigenvalue weighted by Gasteiger charge is -2.35. The fourth-order valence-electron chi connectivity index (χ4n) is 2.07. The number of anilines is 1. The molecule has 19 heavy (non-hydrogen) atoms. The largest absolute Gasteiger partial charge is 0.389 e. The van der Waals surface area contributed by atoms with Gasteiger partial charge in [-0.15, -0.1) is 0 Å². The minimum absolute atomic E-state index is 0.0752. The highest BCUT2D eigenvalue weighted by molar-refractivity contribution is 7.80. The van der Waals surface area contributed by atoms with Crippen molar-refractivity contribution < 1.29 is 13.6 Å². The molecule has 0 saturated carbocycles. The van der Waals surface area contributed by atoms with Gasteiger partial charge >= 0.3 is 0 Å². The Morgan fingerprint density at radius 2 is 2.05 bits per heavy atom. The maximum Gasteiger partial charge on any atom is 0.242 e. The van der Waals surface area contributed by atoms with Gasteiger partial charge in [0.2, 0.25) is 5.91 Å². The van der Waals surface area contributed by atoms with Gasteiger partial charge in [-0.2, -0.15) is 0 Å². The zero-order chi connectivity index (χ0) is 14.2. The van der Waals surface area contributed by atoms with Crippen LogP contribution in [0.1, 0.15) is 12.5 Å². The summed E-state index contributed by atoms with van der Waals surface area (Å²) in [5, 5.41) is 2.63. The topological polar surface area (TPSA) is 58.4 Å². The van der Waals surface area contributed by atoms with E-state index in [0.717, 1.165) is 12.1 Å². The molecule has 0 aromatic heterocycles. The summed E-state index contributed by atoms with van der Waals surface area (Å²) in [5.41, 5.74) is 5.26. The third kappa shape index (κ3) is 2.51. The lowest BCUT2D eigenvalue weighted by Crippen LogP contribution is -2.54. The summed E-state index contributed by atoms with van der Waals surface area (Å²) in [6.45, 7) is 2.28. The van der Waals surface area contributed by atoms with Crippen molar-refractivity contribution in [3.8, 4) is 0 Å². The molecule has 1 aliphatic heterocycles. The molecule has 1 unspecified atom stereocenters. The Kier molecular flexibility index (Phi) is 3.66. The number of nitrogens with two attached hydrogens (primary N) is 1. The second-order valence-corrected chi connectivity index (χ2v) is 4.75. The zero-order valence-corrected chi connectivity index (χ0v) is 11.1. The average molecular weight is 285 g/mol. The molecule has 102 valence electrons. The van der Waals surface area contributed by atoms with E-state index in [-0.39, 0.29) is 22.1 Å². The van der Waals surface area contributed by atoms with Crippen molar-refractivity contribution in [1.82, 2.24) is 5.32 Å². The van der Waals surface area contributed by atoms with Gasteiger partial charge in [0, 0.05) is 18.7 Å². The number of amides is 1. The summed E-state index contributed by atoms with van der Waals surface area (Å²) in [6, 6.07) is 1.54. The highest BCUT2D eigenvalue weighted by atomic mass is 32.1. The molecule has 1 atom stereocenters. The quantitative estimate of drug-likeness (QED) is 0.794. The Morgan fingerprint density at radius 1 is 1.47 bits per heavy atom. The van der Waals surface area contributed by atoms with Gasteiger partial charge in [-0.25, -0.2) is 8.78 Å². The number of nitrogens with one attached hydrogen (secondary N) is 1. The van der Waals surface area contributed by atoms with Crippen LogP contribution in [0.4, 0.5) is 14.5 Å². The lowest BCUT2D eigenvalue weighted by atomic mass is 10.1. The molecule has 1 heterocycles. The molecule has 1 aromatic rings. The Labute approximate surface area is 114 Å². The molecule has 0 bridgehead atoms. The second kappa shape index (κ2) is 5.08. The third-order valence-electron chi connectivity index (χ3n) is 3.09. The zero-order valence-electron chi connectivity index (χ0n) is 10.2. The van der Waals surface area contributed by atoms with E-state index in [2.05, 4.69) is 17.5 Å². The molecular weight excluding hydrogens is 272 g/mol. The van der Waals surface area contributed by atoms with Crippen LogP contribution in [0, 0.1) is 11.6 Å². The lowest BCUT2D eigenvalue weighted by molar-refractivity contribution is -0.122. The summed E-state index contributed by atoms with van der Waals surface area (Å²) in [6.07, 6.45) is 0. The summed E-state index contributed by atoms with van der Waals surface area (Å²) in [7, 11) is 0. The van der Waals surface area contributed by atoms with Gasteiger partial charge in [-0.3, -0.25) is 4.79 Å². The van der Waals surface area contributed by atoms with Crippen LogP contribution < -0.4 is 16.0 Å². The SMILES string of the molecule is CC1C(=O)NCCN1c1c(F)cc(C(N)=S)cc1F. The highest BCUT2D eigenvalue weighted by Gasteiger charge is 2.29. The Hall–Kier alpha value is -1.76. The van der Waals surface area contributed by atoms with Crippen LogP contribution in [0.2, 0.25) is 0 Å². The molecular formula is C12H13F2N3OS. The van der Waals surface area contributed by atoms with Crippen LogP contribution in [0.25, 0.3) is 0 Å². The fourth-order valence-corrected chi connectivity index (χ4v) is 2.19. The summed E-state index contributed by atoms with van der Waals surface area (Å²) >= 11 is 4.69. The van der Waals surface area contributed by atoms with E-state index in [1.54, 1.807) is 6.92 Å². The van der Waals surface area contributed by atoms with Gasteiger partial charge in [0.25, 0.3) is 0 Å². The van der Waals surface area contributed by atoms with Gasteiger partial charge in [0.15, 0.2) is 0 Å². The molecule has 1 amide bonds. The number of rotatable bonds is 2. The number of thiocarbonyl (C=S) groups is 1. The van der Waals surface area contributed by atoms with Crippen LogP contribution >= 0.6 is 12.2 Å². The number of hydrogen-bond donors (Lipinski definition) is 2. The molecule has 1 aliphatic rings. The number of nitrogens with zero attached hydrogens (tertiary/aromatic N) is 1. The Morgan fingerprint density at radius 3 is 2.58 bits per heavy atom. The number of carbonyl (C=O) groups is 1. The maximum absolute atomic E-state index is 14.0. The molecule has 4 nitrogen and oxygen atoms in total. The van der Waals surface area contributed by atoms with Gasteiger partial charge in [0.05, 0.1) is 0 Å². The molecule has 3 N–H and O–H groups in total. The molecule has 1 saturated heterocycles. The number of hydrogen-bond acceptors (Lipinski definition) is 3. The molecule has 2 rings (SSSR count). The van der Waals surface area contributed by atoms with E-state index in [9.17, 15) is 13.6 Å². The van der Waals surface area contributed by atoms with E-state index >= 15 is 0 Å². The fraction of sp³-hybridized carbons (Fsp3) is 0.333. The molecule has 1 aromatic carbocycles. The van der Waals surface area contributed by atoms with Gasteiger partial charge in [-0.1, -0.05) is 12.2 Å². The Balaban J connectivity index is 2.45. The molecule has 1 fully saturated rings. The standard InChI is InChI=1S/C12H13F2N3OS/c1-6-12(18)16-2-3-17(6)10-8(13)4-7(11(15)19)5-9(10)14/h4-6H,2-3H2,1H3,(H2,15,19)(H,16,18). The van der Waals surface area contributed by atoms with Crippen LogP contribution in [0.5, 0.6) is 0 Å². The molecule has 0 aliphatic carbocycles. The molecule has 0 spiro atoms. The van der Waals surface area contributed by atoms with Crippen molar-refractivity contribution in [1.29, 1.82) is 0 Å². The summed E-state index contributed by atoms with van der Waals surface area (Å²) in [5.74, 6) is -1.81. The molecule has 7 heteroatoms. The van der Waals surface area contributed by atoms with Gasteiger partial charge in [0.1, 0.15) is 28.4 Å². The smallest absolute Gasteiger partial charge is 0.242 e. The van der Waals surface area contributed by atoms with Crippen molar-refractivity contribution in [3.05, 3.63) is 29.3 Å². The first-order chi connectivity index (χ1) is 8.91. The monoisotopic (exact) mass is 285 g/mol.